The summed E-state index contributed by atoms with van der Waals surface area (Å²) in [6, 6.07) is 14.5. The van der Waals surface area contributed by atoms with E-state index in [2.05, 4.69) is 14.7 Å². The summed E-state index contributed by atoms with van der Waals surface area (Å²) in [7, 11) is -3.71. The smallest absolute Gasteiger partial charge is 0.322 e. The first-order valence-corrected chi connectivity index (χ1v) is 9.07. The van der Waals surface area contributed by atoms with Gasteiger partial charge in [0.15, 0.2) is 0 Å². The van der Waals surface area contributed by atoms with Crippen LogP contribution in [0.4, 0.5) is 5.69 Å². The van der Waals surface area contributed by atoms with Crippen LogP contribution >= 0.6 is 0 Å². The third-order valence-corrected chi connectivity index (χ3v) is 4.99. The van der Waals surface area contributed by atoms with E-state index in [-0.39, 0.29) is 16.6 Å². The van der Waals surface area contributed by atoms with Gasteiger partial charge in [0.25, 0.3) is 10.0 Å². The van der Waals surface area contributed by atoms with Crippen molar-refractivity contribution in [3.05, 3.63) is 72.1 Å². The number of anilines is 1. The fraction of sp³-hybridized carbons (Fsp3) is 0.111. The van der Waals surface area contributed by atoms with Crippen molar-refractivity contribution in [3.63, 3.8) is 0 Å². The Kier molecular flexibility index (Phi) is 4.67. The van der Waals surface area contributed by atoms with Gasteiger partial charge in [-0.1, -0.05) is 30.3 Å². The molecular weight excluding hydrogens is 338 g/mol. The highest BCUT2D eigenvalue weighted by Gasteiger charge is 2.17. The second-order valence-corrected chi connectivity index (χ2v) is 7.19. The number of sulfonamides is 1. The van der Waals surface area contributed by atoms with Gasteiger partial charge >= 0.3 is 6.01 Å². The number of hydrogen-bond donors (Lipinski definition) is 1. The highest BCUT2D eigenvalue weighted by atomic mass is 32.2. The molecule has 25 heavy (non-hydrogen) atoms. The second-order valence-electron chi connectivity index (χ2n) is 5.54. The molecule has 6 nitrogen and oxygen atoms in total. The van der Waals surface area contributed by atoms with Crippen molar-refractivity contribution in [2.24, 2.45) is 0 Å². The molecule has 3 aromatic rings. The van der Waals surface area contributed by atoms with Crippen LogP contribution in [0.3, 0.4) is 0 Å². The molecule has 0 saturated heterocycles. The molecule has 0 bridgehead atoms. The van der Waals surface area contributed by atoms with E-state index in [1.807, 2.05) is 31.2 Å². The third kappa shape index (κ3) is 4.13. The van der Waals surface area contributed by atoms with Crippen LogP contribution in [0.15, 0.2) is 65.8 Å². The summed E-state index contributed by atoms with van der Waals surface area (Å²) in [4.78, 5) is 8.30. The summed E-state index contributed by atoms with van der Waals surface area (Å²) < 4.78 is 33.1. The molecule has 1 aromatic heterocycles. The van der Waals surface area contributed by atoms with E-state index in [4.69, 9.17) is 4.74 Å². The minimum atomic E-state index is -3.71. The molecule has 0 atom stereocenters. The second kappa shape index (κ2) is 6.90. The molecule has 0 unspecified atom stereocenters. The third-order valence-electron chi connectivity index (χ3n) is 3.47. The number of aromatic nitrogens is 2. The summed E-state index contributed by atoms with van der Waals surface area (Å²) in [5.41, 5.74) is 1.80. The molecule has 0 amide bonds. The molecule has 7 heteroatoms. The van der Waals surface area contributed by atoms with Crippen molar-refractivity contribution in [2.45, 2.75) is 18.7 Å². The van der Waals surface area contributed by atoms with Crippen molar-refractivity contribution in [2.75, 3.05) is 4.72 Å². The molecule has 0 spiro atoms. The molecule has 1 heterocycles. The van der Waals surface area contributed by atoms with Crippen molar-refractivity contribution in [1.82, 2.24) is 9.97 Å². The van der Waals surface area contributed by atoms with E-state index in [9.17, 15) is 8.42 Å². The number of nitrogens with zero attached hydrogens (tertiary/aromatic N) is 2. The number of hydrogen-bond acceptors (Lipinski definition) is 5. The first-order chi connectivity index (χ1) is 11.9. The summed E-state index contributed by atoms with van der Waals surface area (Å²) in [6.45, 7) is 3.60. The molecule has 0 fully saturated rings. The van der Waals surface area contributed by atoms with Crippen LogP contribution in [0.5, 0.6) is 11.8 Å². The number of benzene rings is 2. The molecule has 128 valence electrons. The number of para-hydroxylation sites is 1. The fourth-order valence-corrected chi connectivity index (χ4v) is 3.58. The Balaban J connectivity index is 1.78. The normalized spacial score (nSPS) is 11.1. The Morgan fingerprint density at radius 1 is 0.960 bits per heavy atom. The van der Waals surface area contributed by atoms with Gasteiger partial charge in [-0.15, -0.1) is 0 Å². The molecular formula is C18H17N3O3S. The van der Waals surface area contributed by atoms with Crippen LogP contribution in [0.2, 0.25) is 0 Å². The Morgan fingerprint density at radius 2 is 1.64 bits per heavy atom. The van der Waals surface area contributed by atoms with Crippen LogP contribution in [-0.2, 0) is 10.0 Å². The summed E-state index contributed by atoms with van der Waals surface area (Å²) in [5, 5.41) is 0. The minimum absolute atomic E-state index is 0.140. The van der Waals surface area contributed by atoms with Gasteiger partial charge in [-0.3, -0.25) is 4.72 Å². The van der Waals surface area contributed by atoms with Gasteiger partial charge in [0, 0.05) is 0 Å². The van der Waals surface area contributed by atoms with E-state index in [1.165, 1.54) is 12.4 Å². The first-order valence-electron chi connectivity index (χ1n) is 7.59. The zero-order chi connectivity index (χ0) is 17.9. The topological polar surface area (TPSA) is 81.2 Å². The molecule has 1 N–H and O–H groups in total. The highest BCUT2D eigenvalue weighted by Crippen LogP contribution is 2.21. The van der Waals surface area contributed by atoms with Gasteiger partial charge in [0.2, 0.25) is 0 Å². The van der Waals surface area contributed by atoms with Crippen molar-refractivity contribution in [1.29, 1.82) is 0 Å². The van der Waals surface area contributed by atoms with Crippen molar-refractivity contribution in [3.8, 4) is 11.8 Å². The zero-order valence-electron chi connectivity index (χ0n) is 13.8. The molecule has 0 aliphatic carbocycles. The maximum absolute atomic E-state index is 12.6. The molecule has 3 rings (SSSR count). The minimum Gasteiger partial charge on any atom is -0.424 e. The van der Waals surface area contributed by atoms with Gasteiger partial charge in [-0.05, 0) is 43.2 Å². The standard InChI is InChI=1S/C18H17N3O3S/c1-13-8-9-14(2)17(10-13)25(22,23)21-15-11-19-18(20-12-15)24-16-6-4-3-5-7-16/h3-12,21H,1-2H3. The van der Waals surface area contributed by atoms with Gasteiger partial charge in [-0.2, -0.15) is 0 Å². The molecule has 2 aromatic carbocycles. The maximum atomic E-state index is 12.6. The van der Waals surface area contributed by atoms with Gasteiger partial charge in [0.1, 0.15) is 5.75 Å². The van der Waals surface area contributed by atoms with Crippen LogP contribution in [-0.4, -0.2) is 18.4 Å². The average Bonchev–Trinajstić information content (AvgIpc) is 2.59. The maximum Gasteiger partial charge on any atom is 0.322 e. The van der Waals surface area contributed by atoms with E-state index in [0.29, 0.717) is 11.3 Å². The van der Waals surface area contributed by atoms with Gasteiger partial charge in [0.05, 0.1) is 23.0 Å². The Labute approximate surface area is 146 Å². The van der Waals surface area contributed by atoms with Crippen molar-refractivity contribution >= 4 is 15.7 Å². The zero-order valence-corrected chi connectivity index (χ0v) is 14.6. The predicted molar refractivity (Wildman–Crippen MR) is 95.3 cm³/mol. The van der Waals surface area contributed by atoms with Crippen LogP contribution < -0.4 is 9.46 Å². The molecule has 0 radical (unpaired) electrons. The van der Waals surface area contributed by atoms with Gasteiger partial charge in [-0.25, -0.2) is 18.4 Å². The molecule has 0 saturated carbocycles. The lowest BCUT2D eigenvalue weighted by Crippen LogP contribution is -2.15. The van der Waals surface area contributed by atoms with E-state index in [1.54, 1.807) is 31.2 Å². The number of rotatable bonds is 5. The predicted octanol–water partition coefficient (Wildman–Crippen LogP) is 3.69. The number of nitrogens with one attached hydrogen (secondary N) is 1. The van der Waals surface area contributed by atoms with Crippen LogP contribution in [0.1, 0.15) is 11.1 Å². The SMILES string of the molecule is Cc1ccc(C)c(S(=O)(=O)Nc2cnc(Oc3ccccc3)nc2)c1. The largest absolute Gasteiger partial charge is 0.424 e. The number of aryl methyl sites for hydroxylation is 2. The summed E-state index contributed by atoms with van der Waals surface area (Å²) in [6.07, 6.45) is 2.74. The fourth-order valence-electron chi connectivity index (χ4n) is 2.22. The monoisotopic (exact) mass is 355 g/mol. The first kappa shape index (κ1) is 16.9. The lowest BCUT2D eigenvalue weighted by Gasteiger charge is -2.11. The highest BCUT2D eigenvalue weighted by molar-refractivity contribution is 7.92. The molecule has 0 aliphatic heterocycles. The lowest BCUT2D eigenvalue weighted by molar-refractivity contribution is 0.442. The summed E-state index contributed by atoms with van der Waals surface area (Å²) >= 11 is 0. The van der Waals surface area contributed by atoms with Crippen molar-refractivity contribution < 1.29 is 13.2 Å². The van der Waals surface area contributed by atoms with E-state index >= 15 is 0 Å². The Hall–Kier alpha value is -2.93. The quantitative estimate of drug-likeness (QED) is 0.755. The van der Waals surface area contributed by atoms with E-state index in [0.717, 1.165) is 5.56 Å². The van der Waals surface area contributed by atoms with Gasteiger partial charge < -0.3 is 4.74 Å². The molecule has 0 aliphatic rings. The van der Waals surface area contributed by atoms with Crippen LogP contribution in [0, 0.1) is 13.8 Å². The summed E-state index contributed by atoms with van der Waals surface area (Å²) in [5.74, 6) is 0.603. The average molecular weight is 355 g/mol. The Morgan fingerprint density at radius 3 is 2.32 bits per heavy atom. The van der Waals surface area contributed by atoms with Crippen LogP contribution in [0.25, 0.3) is 0 Å². The number of ether oxygens (including phenoxy) is 1. The van der Waals surface area contributed by atoms with E-state index < -0.39 is 10.0 Å². The Bertz CT molecular complexity index is 972. The lowest BCUT2D eigenvalue weighted by atomic mass is 10.2.